The molecule has 1 unspecified atom stereocenters. The van der Waals surface area contributed by atoms with E-state index >= 15 is 0 Å². The van der Waals surface area contributed by atoms with Gasteiger partial charge in [0.1, 0.15) is 5.69 Å². The number of nitrogens with one attached hydrogen (secondary N) is 3. The number of carbonyl (C=O) groups is 2. The van der Waals surface area contributed by atoms with E-state index in [4.69, 9.17) is 0 Å². The summed E-state index contributed by atoms with van der Waals surface area (Å²) < 4.78 is 23.0. The maximum absolute atomic E-state index is 12.3. The van der Waals surface area contributed by atoms with Gasteiger partial charge >= 0.3 is 0 Å². The third kappa shape index (κ3) is 5.27. The van der Waals surface area contributed by atoms with Crippen molar-refractivity contribution in [2.24, 2.45) is 0 Å². The standard InChI is InChI=1S/C18H20N4O4S/c1-12(23)20-13-2-4-14(5-3-13)22-18(24)17-7-6-15(10-19-17)21-16-8-9-27(25,26)11-16/h2-7,10,16,21H,8-9,11H2,1H3,(H,20,23)(H,22,24). The van der Waals surface area contributed by atoms with Crippen LogP contribution in [0.1, 0.15) is 23.8 Å². The van der Waals surface area contributed by atoms with Crippen LogP contribution in [0, 0.1) is 0 Å². The Balaban J connectivity index is 1.58. The van der Waals surface area contributed by atoms with Crippen LogP contribution in [0.5, 0.6) is 0 Å². The first kappa shape index (κ1) is 18.8. The molecule has 2 heterocycles. The molecule has 142 valence electrons. The van der Waals surface area contributed by atoms with Crippen LogP contribution in [0.2, 0.25) is 0 Å². The van der Waals surface area contributed by atoms with E-state index in [1.807, 2.05) is 0 Å². The molecule has 3 N–H and O–H groups in total. The van der Waals surface area contributed by atoms with Crippen molar-refractivity contribution in [1.29, 1.82) is 0 Å². The quantitative estimate of drug-likeness (QED) is 0.720. The lowest BCUT2D eigenvalue weighted by Gasteiger charge is -2.12. The van der Waals surface area contributed by atoms with Gasteiger partial charge in [0.15, 0.2) is 9.84 Å². The number of pyridine rings is 1. The predicted octanol–water partition coefficient (Wildman–Crippen LogP) is 1.89. The summed E-state index contributed by atoms with van der Waals surface area (Å²) in [5.41, 5.74) is 2.14. The lowest BCUT2D eigenvalue weighted by molar-refractivity contribution is -0.114. The Morgan fingerprint density at radius 3 is 2.15 bits per heavy atom. The van der Waals surface area contributed by atoms with Crippen LogP contribution in [0.4, 0.5) is 17.1 Å². The summed E-state index contributed by atoms with van der Waals surface area (Å²) in [4.78, 5) is 27.4. The minimum atomic E-state index is -2.95. The van der Waals surface area contributed by atoms with Crippen molar-refractivity contribution < 1.29 is 18.0 Å². The number of hydrogen-bond acceptors (Lipinski definition) is 6. The highest BCUT2D eigenvalue weighted by Gasteiger charge is 2.27. The largest absolute Gasteiger partial charge is 0.380 e. The molecule has 1 aliphatic rings. The van der Waals surface area contributed by atoms with Crippen molar-refractivity contribution in [3.63, 3.8) is 0 Å². The van der Waals surface area contributed by atoms with Crippen LogP contribution in [-0.2, 0) is 14.6 Å². The van der Waals surface area contributed by atoms with Gasteiger partial charge in [-0.05, 0) is 42.8 Å². The Bertz CT molecular complexity index is 940. The Morgan fingerprint density at radius 1 is 1.00 bits per heavy atom. The fraction of sp³-hybridized carbons (Fsp3) is 0.278. The summed E-state index contributed by atoms with van der Waals surface area (Å²) >= 11 is 0. The third-order valence-electron chi connectivity index (χ3n) is 4.06. The highest BCUT2D eigenvalue weighted by Crippen LogP contribution is 2.18. The zero-order valence-corrected chi connectivity index (χ0v) is 15.5. The van der Waals surface area contributed by atoms with Crippen LogP contribution in [0.3, 0.4) is 0 Å². The summed E-state index contributed by atoms with van der Waals surface area (Å²) in [7, 11) is -2.95. The summed E-state index contributed by atoms with van der Waals surface area (Å²) in [6.45, 7) is 1.42. The second-order valence-corrected chi connectivity index (χ2v) is 8.62. The first-order valence-corrected chi connectivity index (χ1v) is 10.2. The van der Waals surface area contributed by atoms with E-state index in [9.17, 15) is 18.0 Å². The molecule has 2 aromatic rings. The summed E-state index contributed by atoms with van der Waals surface area (Å²) in [5, 5.41) is 8.50. The first-order valence-electron chi connectivity index (χ1n) is 8.43. The number of aromatic nitrogens is 1. The molecule has 0 radical (unpaired) electrons. The van der Waals surface area contributed by atoms with Gasteiger partial charge in [-0.25, -0.2) is 13.4 Å². The van der Waals surface area contributed by atoms with Gasteiger partial charge in [0, 0.05) is 24.3 Å². The monoisotopic (exact) mass is 388 g/mol. The predicted molar refractivity (Wildman–Crippen MR) is 104 cm³/mol. The average molecular weight is 388 g/mol. The zero-order valence-electron chi connectivity index (χ0n) is 14.7. The van der Waals surface area contributed by atoms with E-state index in [2.05, 4.69) is 20.9 Å². The van der Waals surface area contributed by atoms with Crippen LogP contribution in [-0.4, -0.2) is 42.8 Å². The van der Waals surface area contributed by atoms with Gasteiger partial charge in [-0.15, -0.1) is 0 Å². The molecule has 1 aromatic heterocycles. The van der Waals surface area contributed by atoms with Gasteiger partial charge in [0.2, 0.25) is 5.91 Å². The Morgan fingerprint density at radius 2 is 1.63 bits per heavy atom. The fourth-order valence-corrected chi connectivity index (χ4v) is 4.47. The molecule has 8 nitrogen and oxygen atoms in total. The maximum atomic E-state index is 12.3. The molecular weight excluding hydrogens is 368 g/mol. The average Bonchev–Trinajstić information content (AvgIpc) is 2.95. The Labute approximate surface area is 157 Å². The first-order chi connectivity index (χ1) is 12.8. The molecule has 27 heavy (non-hydrogen) atoms. The normalized spacial score (nSPS) is 17.9. The smallest absolute Gasteiger partial charge is 0.274 e. The van der Waals surface area contributed by atoms with Gasteiger partial charge in [0.25, 0.3) is 5.91 Å². The van der Waals surface area contributed by atoms with Gasteiger partial charge in [-0.3, -0.25) is 9.59 Å². The minimum Gasteiger partial charge on any atom is -0.380 e. The molecule has 3 rings (SSSR count). The molecule has 0 aliphatic carbocycles. The molecule has 1 aromatic carbocycles. The number of anilines is 3. The number of amides is 2. The van der Waals surface area contributed by atoms with Gasteiger partial charge in [-0.2, -0.15) is 0 Å². The molecular formula is C18H20N4O4S. The van der Waals surface area contributed by atoms with Crippen molar-refractivity contribution >= 4 is 38.7 Å². The molecule has 0 spiro atoms. The van der Waals surface area contributed by atoms with Crippen LogP contribution in [0.15, 0.2) is 42.6 Å². The van der Waals surface area contributed by atoms with Crippen molar-refractivity contribution in [2.75, 3.05) is 27.5 Å². The molecule has 2 amide bonds. The van der Waals surface area contributed by atoms with Crippen molar-refractivity contribution in [2.45, 2.75) is 19.4 Å². The van der Waals surface area contributed by atoms with E-state index in [1.165, 1.54) is 13.1 Å². The SMILES string of the molecule is CC(=O)Nc1ccc(NC(=O)c2ccc(NC3CCS(=O)(=O)C3)cn2)cc1. The lowest BCUT2D eigenvalue weighted by atomic mass is 10.2. The number of sulfone groups is 1. The van der Waals surface area contributed by atoms with Crippen molar-refractivity contribution in [1.82, 2.24) is 4.98 Å². The van der Waals surface area contributed by atoms with Crippen LogP contribution >= 0.6 is 0 Å². The van der Waals surface area contributed by atoms with E-state index in [0.29, 0.717) is 23.5 Å². The molecule has 0 saturated carbocycles. The van der Waals surface area contributed by atoms with E-state index in [-0.39, 0.29) is 35.1 Å². The fourth-order valence-electron chi connectivity index (χ4n) is 2.79. The van der Waals surface area contributed by atoms with Crippen LogP contribution < -0.4 is 16.0 Å². The second-order valence-electron chi connectivity index (χ2n) is 6.39. The second kappa shape index (κ2) is 7.75. The van der Waals surface area contributed by atoms with Crippen molar-refractivity contribution in [3.8, 4) is 0 Å². The van der Waals surface area contributed by atoms with E-state index < -0.39 is 9.84 Å². The minimum absolute atomic E-state index is 0.115. The third-order valence-corrected chi connectivity index (χ3v) is 5.83. The van der Waals surface area contributed by atoms with Crippen LogP contribution in [0.25, 0.3) is 0 Å². The topological polar surface area (TPSA) is 117 Å². The van der Waals surface area contributed by atoms with Gasteiger partial charge in [0.05, 0.1) is 23.4 Å². The lowest BCUT2D eigenvalue weighted by Crippen LogP contribution is -2.21. The highest BCUT2D eigenvalue weighted by molar-refractivity contribution is 7.91. The van der Waals surface area contributed by atoms with Gasteiger partial charge in [-0.1, -0.05) is 0 Å². The molecule has 9 heteroatoms. The highest BCUT2D eigenvalue weighted by atomic mass is 32.2. The number of hydrogen-bond donors (Lipinski definition) is 3. The maximum Gasteiger partial charge on any atom is 0.274 e. The van der Waals surface area contributed by atoms with Gasteiger partial charge < -0.3 is 16.0 Å². The Hall–Kier alpha value is -2.94. The summed E-state index contributed by atoms with van der Waals surface area (Å²) in [5.74, 6) is -0.222. The summed E-state index contributed by atoms with van der Waals surface area (Å²) in [6, 6.07) is 9.89. The Kier molecular flexibility index (Phi) is 5.41. The van der Waals surface area contributed by atoms with E-state index in [1.54, 1.807) is 36.4 Å². The van der Waals surface area contributed by atoms with Crippen molar-refractivity contribution in [3.05, 3.63) is 48.3 Å². The number of nitrogens with zero attached hydrogens (tertiary/aromatic N) is 1. The number of benzene rings is 1. The zero-order chi connectivity index (χ0) is 19.4. The molecule has 1 fully saturated rings. The molecule has 0 bridgehead atoms. The molecule has 1 saturated heterocycles. The molecule has 1 atom stereocenters. The van der Waals surface area contributed by atoms with E-state index in [0.717, 1.165) is 0 Å². The summed E-state index contributed by atoms with van der Waals surface area (Å²) in [6.07, 6.45) is 2.08. The molecule has 1 aliphatic heterocycles. The number of rotatable bonds is 5. The number of carbonyl (C=O) groups excluding carboxylic acids is 2.